The monoisotopic (exact) mass is 396 g/mol. The van der Waals surface area contributed by atoms with Gasteiger partial charge in [-0.25, -0.2) is 19.7 Å². The number of anilines is 1. The third kappa shape index (κ3) is 4.32. The lowest BCUT2D eigenvalue weighted by molar-refractivity contribution is 0.0231. The molecule has 27 heavy (non-hydrogen) atoms. The van der Waals surface area contributed by atoms with E-state index in [9.17, 15) is 14.7 Å². The summed E-state index contributed by atoms with van der Waals surface area (Å²) in [6, 6.07) is 0. The van der Waals surface area contributed by atoms with Crippen LogP contribution in [0, 0.1) is 0 Å². The molecule has 1 atom stereocenters. The van der Waals surface area contributed by atoms with Crippen LogP contribution in [-0.2, 0) is 11.2 Å². The molecule has 0 aromatic carbocycles. The van der Waals surface area contributed by atoms with E-state index in [0.29, 0.717) is 37.3 Å². The second-order valence-electron chi connectivity index (χ2n) is 8.35. The van der Waals surface area contributed by atoms with E-state index >= 15 is 0 Å². The minimum atomic E-state index is -0.830. The number of nitrogens with zero attached hydrogens (tertiary/aromatic N) is 4. The molecular formula is C18H25ClN4O4. The molecule has 1 N–H and O–H groups in total. The van der Waals surface area contributed by atoms with E-state index in [0.717, 1.165) is 11.3 Å². The first-order valence-corrected chi connectivity index (χ1v) is 9.43. The number of aliphatic hydroxyl groups is 1. The van der Waals surface area contributed by atoms with Crippen molar-refractivity contribution >= 4 is 29.4 Å². The molecule has 0 saturated carbocycles. The molecule has 148 valence electrons. The van der Waals surface area contributed by atoms with Crippen LogP contribution in [0.5, 0.6) is 0 Å². The van der Waals surface area contributed by atoms with Crippen molar-refractivity contribution in [3.63, 3.8) is 0 Å². The van der Waals surface area contributed by atoms with Crippen LogP contribution >= 0.6 is 11.6 Å². The molecule has 2 aliphatic rings. The van der Waals surface area contributed by atoms with Gasteiger partial charge in [-0.05, 0) is 58.6 Å². The number of carbonyl (C=O) groups excluding carboxylic acids is 2. The Bertz CT molecular complexity index is 775. The van der Waals surface area contributed by atoms with Gasteiger partial charge in [0, 0.05) is 25.2 Å². The van der Waals surface area contributed by atoms with Gasteiger partial charge in [-0.15, -0.1) is 0 Å². The SMILES string of the molecule is CC1(O)CCCN(c2nc(Cl)nc3c2CCN(C(=O)OC(C)(C)C)C3=O)C1. The first-order valence-electron chi connectivity index (χ1n) is 9.05. The maximum Gasteiger partial charge on any atom is 0.417 e. The number of imide groups is 1. The number of rotatable bonds is 1. The molecule has 1 aromatic rings. The summed E-state index contributed by atoms with van der Waals surface area (Å²) in [5.41, 5.74) is -0.760. The fraction of sp³-hybridized carbons (Fsp3) is 0.667. The van der Waals surface area contributed by atoms with Gasteiger partial charge < -0.3 is 14.7 Å². The van der Waals surface area contributed by atoms with Crippen molar-refractivity contribution in [2.75, 3.05) is 24.5 Å². The fourth-order valence-electron chi connectivity index (χ4n) is 3.46. The van der Waals surface area contributed by atoms with Crippen LogP contribution in [0.2, 0.25) is 5.28 Å². The van der Waals surface area contributed by atoms with Crippen molar-refractivity contribution < 1.29 is 19.4 Å². The molecule has 0 radical (unpaired) electrons. The molecule has 1 aromatic heterocycles. The number of carbonyl (C=O) groups is 2. The van der Waals surface area contributed by atoms with Gasteiger partial charge in [0.25, 0.3) is 5.91 Å². The normalized spacial score (nSPS) is 23.3. The van der Waals surface area contributed by atoms with Gasteiger partial charge in [-0.3, -0.25) is 4.79 Å². The number of hydrogen-bond acceptors (Lipinski definition) is 7. The molecule has 1 unspecified atom stereocenters. The Morgan fingerprint density at radius 3 is 2.63 bits per heavy atom. The average molecular weight is 397 g/mol. The molecule has 2 aliphatic heterocycles. The Hall–Kier alpha value is -1.93. The van der Waals surface area contributed by atoms with Crippen LogP contribution in [-0.4, -0.2) is 62.8 Å². The minimum absolute atomic E-state index is 0.0617. The maximum atomic E-state index is 12.9. The van der Waals surface area contributed by atoms with Gasteiger partial charge in [0.15, 0.2) is 0 Å². The number of piperidine rings is 1. The number of amides is 2. The molecule has 3 heterocycles. The molecule has 1 fully saturated rings. The fourth-order valence-corrected chi connectivity index (χ4v) is 3.62. The highest BCUT2D eigenvalue weighted by Crippen LogP contribution is 2.32. The van der Waals surface area contributed by atoms with Crippen LogP contribution < -0.4 is 4.90 Å². The van der Waals surface area contributed by atoms with Gasteiger partial charge in [-0.2, -0.15) is 0 Å². The third-order valence-electron chi connectivity index (χ3n) is 4.58. The van der Waals surface area contributed by atoms with E-state index < -0.39 is 23.2 Å². The Morgan fingerprint density at radius 2 is 2.00 bits per heavy atom. The number of β-amino-alcohol motifs (C(OH)–C–C–N with tert-alkyl or cyclic N) is 1. The van der Waals surface area contributed by atoms with Crippen molar-refractivity contribution in [2.45, 2.75) is 58.2 Å². The van der Waals surface area contributed by atoms with E-state index in [-0.39, 0.29) is 17.5 Å². The second-order valence-corrected chi connectivity index (χ2v) is 8.69. The molecule has 0 bridgehead atoms. The number of hydrogen-bond donors (Lipinski definition) is 1. The van der Waals surface area contributed by atoms with Crippen LogP contribution in [0.3, 0.4) is 0 Å². The zero-order chi connectivity index (χ0) is 20.0. The summed E-state index contributed by atoms with van der Waals surface area (Å²) < 4.78 is 5.31. The van der Waals surface area contributed by atoms with Crippen LogP contribution in [0.25, 0.3) is 0 Å². The average Bonchev–Trinajstić information content (AvgIpc) is 2.52. The molecule has 0 spiro atoms. The van der Waals surface area contributed by atoms with E-state index in [2.05, 4.69) is 9.97 Å². The van der Waals surface area contributed by atoms with Crippen molar-refractivity contribution in [3.8, 4) is 0 Å². The number of halogens is 1. The van der Waals surface area contributed by atoms with Crippen LogP contribution in [0.4, 0.5) is 10.6 Å². The topological polar surface area (TPSA) is 95.9 Å². The second kappa shape index (κ2) is 6.91. The molecule has 3 rings (SSSR count). The summed E-state index contributed by atoms with van der Waals surface area (Å²) in [5, 5.41) is 10.3. The van der Waals surface area contributed by atoms with Crippen LogP contribution in [0.1, 0.15) is 56.6 Å². The Morgan fingerprint density at radius 1 is 1.30 bits per heavy atom. The predicted octanol–water partition coefficient (Wildman–Crippen LogP) is 2.41. The summed E-state index contributed by atoms with van der Waals surface area (Å²) in [4.78, 5) is 36.6. The highest BCUT2D eigenvalue weighted by atomic mass is 35.5. The largest absolute Gasteiger partial charge is 0.443 e. The summed E-state index contributed by atoms with van der Waals surface area (Å²) in [6.07, 6.45) is 1.22. The van der Waals surface area contributed by atoms with Gasteiger partial charge in [0.2, 0.25) is 5.28 Å². The molecule has 2 amide bonds. The summed E-state index contributed by atoms with van der Waals surface area (Å²) >= 11 is 6.07. The van der Waals surface area contributed by atoms with Crippen molar-refractivity contribution in [3.05, 3.63) is 16.5 Å². The third-order valence-corrected chi connectivity index (χ3v) is 4.75. The molecule has 0 aliphatic carbocycles. The number of fused-ring (bicyclic) bond motifs is 1. The Labute approximate surface area is 163 Å². The quantitative estimate of drug-likeness (QED) is 0.728. The first kappa shape index (κ1) is 19.8. The van der Waals surface area contributed by atoms with E-state index in [1.807, 2.05) is 4.90 Å². The predicted molar refractivity (Wildman–Crippen MR) is 100 cm³/mol. The molecule has 9 heteroatoms. The van der Waals surface area contributed by atoms with E-state index in [1.54, 1.807) is 27.7 Å². The minimum Gasteiger partial charge on any atom is -0.443 e. The summed E-state index contributed by atoms with van der Waals surface area (Å²) in [5.74, 6) is 0.0157. The van der Waals surface area contributed by atoms with Gasteiger partial charge in [0.05, 0.1) is 5.60 Å². The summed E-state index contributed by atoms with van der Waals surface area (Å²) in [6.45, 7) is 8.30. The van der Waals surface area contributed by atoms with Crippen LogP contribution in [0.15, 0.2) is 0 Å². The lowest BCUT2D eigenvalue weighted by atomic mass is 9.94. The van der Waals surface area contributed by atoms with Crippen molar-refractivity contribution in [2.24, 2.45) is 0 Å². The number of aromatic nitrogens is 2. The number of ether oxygens (including phenoxy) is 1. The van der Waals surface area contributed by atoms with Crippen molar-refractivity contribution in [1.82, 2.24) is 14.9 Å². The highest BCUT2D eigenvalue weighted by Gasteiger charge is 2.38. The Kier molecular flexibility index (Phi) is 5.07. The molecule has 1 saturated heterocycles. The Balaban J connectivity index is 1.92. The van der Waals surface area contributed by atoms with Crippen molar-refractivity contribution in [1.29, 1.82) is 0 Å². The highest BCUT2D eigenvalue weighted by molar-refractivity contribution is 6.28. The lowest BCUT2D eigenvalue weighted by Gasteiger charge is -2.39. The first-order chi connectivity index (χ1) is 12.5. The van der Waals surface area contributed by atoms with Gasteiger partial charge >= 0.3 is 6.09 Å². The zero-order valence-corrected chi connectivity index (χ0v) is 16.8. The standard InChI is InChI=1S/C18H25ClN4O4/c1-17(2,3)27-16(25)23-9-6-11-12(14(23)24)20-15(19)21-13(11)22-8-5-7-18(4,26)10-22/h26H,5-10H2,1-4H3. The molecular weight excluding hydrogens is 372 g/mol. The van der Waals surface area contributed by atoms with E-state index in [1.165, 1.54) is 0 Å². The zero-order valence-electron chi connectivity index (χ0n) is 16.1. The summed E-state index contributed by atoms with van der Waals surface area (Å²) in [7, 11) is 0. The maximum absolute atomic E-state index is 12.9. The van der Waals surface area contributed by atoms with Gasteiger partial charge in [0.1, 0.15) is 17.1 Å². The lowest BCUT2D eigenvalue weighted by Crippen LogP contribution is -2.48. The smallest absolute Gasteiger partial charge is 0.417 e. The molecule has 8 nitrogen and oxygen atoms in total. The van der Waals surface area contributed by atoms with E-state index in [4.69, 9.17) is 16.3 Å². The van der Waals surface area contributed by atoms with Gasteiger partial charge in [-0.1, -0.05) is 0 Å².